The molecule has 2 aromatic rings. The molecule has 0 fully saturated rings. The Bertz CT molecular complexity index is 469. The molecular weight excluding hydrogens is 208 g/mol. The van der Waals surface area contributed by atoms with Crippen LogP contribution in [0, 0.1) is 6.92 Å². The van der Waals surface area contributed by atoms with E-state index in [-0.39, 0.29) is 0 Å². The lowest BCUT2D eigenvalue weighted by Crippen LogP contribution is -2.01. The summed E-state index contributed by atoms with van der Waals surface area (Å²) in [5.41, 5.74) is 0. The monoisotopic (exact) mass is 220 g/mol. The van der Waals surface area contributed by atoms with Crippen LogP contribution in [0.25, 0.3) is 0 Å². The van der Waals surface area contributed by atoms with Crippen LogP contribution in [0.1, 0.15) is 11.7 Å². The van der Waals surface area contributed by atoms with Crippen molar-refractivity contribution in [3.8, 4) is 5.88 Å². The maximum Gasteiger partial charge on any atom is 0.233 e. The number of nitrogens with zero attached hydrogens (tertiary/aromatic N) is 3. The van der Waals surface area contributed by atoms with E-state index in [1.165, 1.54) is 0 Å². The Kier molecular flexibility index (Phi) is 3.00. The average Bonchev–Trinajstić information content (AvgIpc) is 2.73. The number of anilines is 1. The van der Waals surface area contributed by atoms with Crippen LogP contribution in [0.2, 0.25) is 0 Å². The lowest BCUT2D eigenvalue weighted by molar-refractivity contribution is 0.396. The molecule has 16 heavy (non-hydrogen) atoms. The van der Waals surface area contributed by atoms with Crippen molar-refractivity contribution in [2.45, 2.75) is 13.5 Å². The van der Waals surface area contributed by atoms with Crippen molar-refractivity contribution < 1.29 is 9.15 Å². The Balaban J connectivity index is 1.99. The third-order valence-electron chi connectivity index (χ3n) is 1.93. The Labute approximate surface area is 92.7 Å². The van der Waals surface area contributed by atoms with Crippen LogP contribution in [0.5, 0.6) is 5.88 Å². The zero-order valence-electron chi connectivity index (χ0n) is 9.10. The molecule has 84 valence electrons. The van der Waals surface area contributed by atoms with Crippen LogP contribution in [0.4, 0.5) is 5.82 Å². The molecule has 0 aromatic carbocycles. The molecular formula is C10H12N4O2. The number of aromatic nitrogens is 3. The first-order valence-electron chi connectivity index (χ1n) is 4.79. The van der Waals surface area contributed by atoms with Crippen LogP contribution in [-0.4, -0.2) is 22.1 Å². The Hall–Kier alpha value is -2.11. The standard InChI is InChI=1S/C10H12N4O2/c1-7-12-3-8(16-7)4-13-9-5-11-6-10(14-9)15-2/h3,5-6H,4H2,1-2H3,(H,13,14). The van der Waals surface area contributed by atoms with Crippen LogP contribution in [-0.2, 0) is 6.54 Å². The summed E-state index contributed by atoms with van der Waals surface area (Å²) in [6.07, 6.45) is 4.84. The van der Waals surface area contributed by atoms with Gasteiger partial charge in [-0.3, -0.25) is 4.98 Å². The number of hydrogen-bond acceptors (Lipinski definition) is 6. The van der Waals surface area contributed by atoms with E-state index >= 15 is 0 Å². The highest BCUT2D eigenvalue weighted by molar-refractivity contribution is 5.33. The number of hydrogen-bond donors (Lipinski definition) is 1. The molecule has 0 atom stereocenters. The fourth-order valence-corrected chi connectivity index (χ4v) is 1.20. The molecule has 0 aliphatic rings. The Morgan fingerprint density at radius 3 is 2.94 bits per heavy atom. The molecule has 0 aliphatic heterocycles. The van der Waals surface area contributed by atoms with Gasteiger partial charge in [-0.2, -0.15) is 4.98 Å². The van der Waals surface area contributed by atoms with Gasteiger partial charge in [0.1, 0.15) is 11.6 Å². The van der Waals surface area contributed by atoms with Gasteiger partial charge >= 0.3 is 0 Å². The molecule has 6 nitrogen and oxygen atoms in total. The molecule has 0 aliphatic carbocycles. The number of ether oxygens (including phenoxy) is 1. The highest BCUT2D eigenvalue weighted by atomic mass is 16.5. The molecule has 0 saturated heterocycles. The van der Waals surface area contributed by atoms with E-state index in [1.807, 2.05) is 0 Å². The minimum absolute atomic E-state index is 0.471. The summed E-state index contributed by atoms with van der Waals surface area (Å²) in [6.45, 7) is 2.32. The van der Waals surface area contributed by atoms with E-state index in [1.54, 1.807) is 32.6 Å². The predicted octanol–water partition coefficient (Wildman–Crippen LogP) is 1.39. The lowest BCUT2D eigenvalue weighted by atomic mass is 10.5. The number of methoxy groups -OCH3 is 1. The first-order chi connectivity index (χ1) is 7.78. The molecule has 2 heterocycles. The first-order valence-corrected chi connectivity index (χ1v) is 4.79. The van der Waals surface area contributed by atoms with Gasteiger partial charge in [0.2, 0.25) is 5.88 Å². The summed E-state index contributed by atoms with van der Waals surface area (Å²) in [5, 5.41) is 3.06. The number of oxazole rings is 1. The normalized spacial score (nSPS) is 10.1. The molecule has 1 N–H and O–H groups in total. The SMILES string of the molecule is COc1cncc(NCc2cnc(C)o2)n1. The third-order valence-corrected chi connectivity index (χ3v) is 1.93. The summed E-state index contributed by atoms with van der Waals surface area (Å²) in [4.78, 5) is 12.1. The van der Waals surface area contributed by atoms with Crippen molar-refractivity contribution in [2.75, 3.05) is 12.4 Å². The van der Waals surface area contributed by atoms with E-state index in [4.69, 9.17) is 9.15 Å². The van der Waals surface area contributed by atoms with E-state index in [2.05, 4.69) is 20.3 Å². The molecule has 0 unspecified atom stereocenters. The van der Waals surface area contributed by atoms with E-state index in [9.17, 15) is 0 Å². The van der Waals surface area contributed by atoms with Gasteiger partial charge in [0, 0.05) is 6.92 Å². The second kappa shape index (κ2) is 4.61. The maximum absolute atomic E-state index is 5.31. The number of aryl methyl sites for hydroxylation is 1. The fourth-order valence-electron chi connectivity index (χ4n) is 1.20. The van der Waals surface area contributed by atoms with Gasteiger partial charge in [0.25, 0.3) is 0 Å². The van der Waals surface area contributed by atoms with Crippen molar-refractivity contribution in [1.82, 2.24) is 15.0 Å². The van der Waals surface area contributed by atoms with Crippen molar-refractivity contribution >= 4 is 5.82 Å². The third kappa shape index (κ3) is 2.47. The van der Waals surface area contributed by atoms with Crippen LogP contribution in [0.15, 0.2) is 23.0 Å². The summed E-state index contributed by atoms with van der Waals surface area (Å²) in [6, 6.07) is 0. The van der Waals surface area contributed by atoms with Gasteiger partial charge in [-0.15, -0.1) is 0 Å². The minimum Gasteiger partial charge on any atom is -0.480 e. The highest BCUT2D eigenvalue weighted by Crippen LogP contribution is 2.10. The average molecular weight is 220 g/mol. The summed E-state index contributed by atoms with van der Waals surface area (Å²) in [7, 11) is 1.55. The topological polar surface area (TPSA) is 73.1 Å². The van der Waals surface area contributed by atoms with Gasteiger partial charge in [0.15, 0.2) is 5.89 Å². The van der Waals surface area contributed by atoms with E-state index in [0.29, 0.717) is 24.1 Å². The highest BCUT2D eigenvalue weighted by Gasteiger charge is 2.01. The molecule has 2 aromatic heterocycles. The summed E-state index contributed by atoms with van der Waals surface area (Å²) in [5.74, 6) is 2.50. The molecule has 2 rings (SSSR count). The largest absolute Gasteiger partial charge is 0.480 e. The fraction of sp³-hybridized carbons (Fsp3) is 0.300. The maximum atomic E-state index is 5.31. The number of nitrogens with one attached hydrogen (secondary N) is 1. The quantitative estimate of drug-likeness (QED) is 0.839. The smallest absolute Gasteiger partial charge is 0.233 e. The van der Waals surface area contributed by atoms with Crippen molar-refractivity contribution in [1.29, 1.82) is 0 Å². The van der Waals surface area contributed by atoms with Crippen LogP contribution in [0.3, 0.4) is 0 Å². The van der Waals surface area contributed by atoms with Crippen molar-refractivity contribution in [2.24, 2.45) is 0 Å². The van der Waals surface area contributed by atoms with E-state index in [0.717, 1.165) is 5.76 Å². The van der Waals surface area contributed by atoms with Crippen molar-refractivity contribution in [3.63, 3.8) is 0 Å². The van der Waals surface area contributed by atoms with Gasteiger partial charge in [0.05, 0.1) is 32.2 Å². The Morgan fingerprint density at radius 1 is 1.38 bits per heavy atom. The summed E-state index contributed by atoms with van der Waals surface area (Å²) >= 11 is 0. The van der Waals surface area contributed by atoms with Gasteiger partial charge in [-0.25, -0.2) is 4.98 Å². The molecule has 0 saturated carbocycles. The summed E-state index contributed by atoms with van der Waals surface area (Å²) < 4.78 is 10.3. The predicted molar refractivity (Wildman–Crippen MR) is 57.2 cm³/mol. The number of rotatable bonds is 4. The van der Waals surface area contributed by atoms with Gasteiger partial charge < -0.3 is 14.5 Å². The van der Waals surface area contributed by atoms with Crippen LogP contribution >= 0.6 is 0 Å². The lowest BCUT2D eigenvalue weighted by Gasteiger charge is -2.03. The zero-order chi connectivity index (χ0) is 11.4. The molecule has 0 radical (unpaired) electrons. The van der Waals surface area contributed by atoms with Crippen molar-refractivity contribution in [3.05, 3.63) is 30.2 Å². The Morgan fingerprint density at radius 2 is 2.25 bits per heavy atom. The van der Waals surface area contributed by atoms with Crippen LogP contribution < -0.4 is 10.1 Å². The molecule has 6 heteroatoms. The first kappa shape index (κ1) is 10.4. The van der Waals surface area contributed by atoms with Gasteiger partial charge in [-0.1, -0.05) is 0 Å². The molecule has 0 amide bonds. The molecule has 0 spiro atoms. The van der Waals surface area contributed by atoms with E-state index < -0.39 is 0 Å². The zero-order valence-corrected chi connectivity index (χ0v) is 9.10. The molecule has 0 bridgehead atoms. The second-order valence-electron chi connectivity index (χ2n) is 3.15. The van der Waals surface area contributed by atoms with Gasteiger partial charge in [-0.05, 0) is 0 Å². The minimum atomic E-state index is 0.471. The second-order valence-corrected chi connectivity index (χ2v) is 3.15.